The molecule has 212 valence electrons. The Bertz CT molecular complexity index is 1300. The number of nitrogens with zero attached hydrogens (tertiary/aromatic N) is 2. The molecule has 2 aromatic rings. The number of amides is 2. The summed E-state index contributed by atoms with van der Waals surface area (Å²) in [4.78, 5) is 66.0. The number of ketones is 1. The van der Waals surface area contributed by atoms with Crippen LogP contribution < -0.4 is 21.9 Å². The third kappa shape index (κ3) is 8.12. The lowest BCUT2D eigenvalue weighted by molar-refractivity contribution is -0.163. The molecule has 2 amide bonds. The van der Waals surface area contributed by atoms with Crippen LogP contribution in [0.15, 0.2) is 35.3 Å². The predicted molar refractivity (Wildman–Crippen MR) is 134 cm³/mol. The van der Waals surface area contributed by atoms with Crippen molar-refractivity contribution in [3.8, 4) is 11.4 Å². The number of rotatable bonds is 10. The number of carbonyl (C=O) groups is 4. The van der Waals surface area contributed by atoms with E-state index in [4.69, 9.17) is 10.5 Å². The topological polar surface area (TPSA) is 162 Å². The first-order valence-corrected chi connectivity index (χ1v) is 11.8. The molecule has 0 aliphatic heterocycles. The number of Topliss-reactive ketones (excluding diaryl/α,β-unsaturated/α-hetero) is 1. The van der Waals surface area contributed by atoms with E-state index in [0.717, 1.165) is 22.9 Å². The molecule has 0 saturated carbocycles. The second-order valence-electron chi connectivity index (χ2n) is 9.93. The van der Waals surface area contributed by atoms with Gasteiger partial charge in [0.2, 0.25) is 11.7 Å². The fourth-order valence-electron chi connectivity index (χ4n) is 3.33. The zero-order chi connectivity index (χ0) is 29.7. The van der Waals surface area contributed by atoms with Crippen LogP contribution in [0, 0.1) is 11.7 Å². The van der Waals surface area contributed by atoms with Gasteiger partial charge in [-0.1, -0.05) is 13.8 Å². The number of halogens is 3. The summed E-state index contributed by atoms with van der Waals surface area (Å²) in [6.45, 7) is 5.64. The molecule has 1 aromatic carbocycles. The van der Waals surface area contributed by atoms with Crippen LogP contribution in [-0.4, -0.2) is 57.2 Å². The Kier molecular flexibility index (Phi) is 9.61. The number of nitrogens with two attached hydrogens (primary N) is 1. The number of nitrogen functional groups attached to an aromatic ring is 1. The molecule has 0 bridgehead atoms. The van der Waals surface area contributed by atoms with Crippen LogP contribution in [0.25, 0.3) is 11.4 Å². The van der Waals surface area contributed by atoms with E-state index in [2.05, 4.69) is 10.3 Å². The summed E-state index contributed by atoms with van der Waals surface area (Å²) in [6, 6.07) is 2.97. The maximum atomic E-state index is 14.7. The average Bonchev–Trinajstić information content (AvgIpc) is 2.83. The van der Waals surface area contributed by atoms with Gasteiger partial charge in [-0.15, -0.1) is 0 Å². The lowest BCUT2D eigenvalue weighted by Gasteiger charge is -2.25. The second kappa shape index (κ2) is 12.1. The van der Waals surface area contributed by atoms with Crippen LogP contribution in [0.1, 0.15) is 34.6 Å². The van der Waals surface area contributed by atoms with E-state index >= 15 is 0 Å². The molecule has 0 radical (unpaired) electrons. The summed E-state index contributed by atoms with van der Waals surface area (Å²) in [5.74, 6) is -12.1. The Hall–Kier alpha value is -4.23. The molecule has 39 heavy (non-hydrogen) atoms. The van der Waals surface area contributed by atoms with Crippen LogP contribution in [-0.2, 0) is 30.5 Å². The molecule has 0 aliphatic carbocycles. The van der Waals surface area contributed by atoms with Crippen LogP contribution in [0.4, 0.5) is 18.9 Å². The van der Waals surface area contributed by atoms with Gasteiger partial charge in [0, 0.05) is 5.56 Å². The zero-order valence-corrected chi connectivity index (χ0v) is 22.0. The number of nitrogens with one attached hydrogen (secondary N) is 2. The number of benzene rings is 1. The molecule has 0 fully saturated rings. The number of carbonyl (C=O) groups excluding carboxylic acids is 4. The molecule has 0 saturated heterocycles. The van der Waals surface area contributed by atoms with Gasteiger partial charge in [-0.25, -0.2) is 9.37 Å². The second-order valence-corrected chi connectivity index (χ2v) is 9.93. The highest BCUT2D eigenvalue weighted by Gasteiger charge is 2.51. The first-order valence-electron chi connectivity index (χ1n) is 11.8. The molecule has 1 atom stereocenters. The van der Waals surface area contributed by atoms with Crippen molar-refractivity contribution in [3.05, 3.63) is 46.6 Å². The number of ether oxygens (including phenoxy) is 1. The highest BCUT2D eigenvalue weighted by molar-refractivity contribution is 6.11. The smallest absolute Gasteiger partial charge is 0.383 e. The quantitative estimate of drug-likeness (QED) is 0.294. The third-order valence-corrected chi connectivity index (χ3v) is 5.15. The van der Waals surface area contributed by atoms with Gasteiger partial charge in [0.1, 0.15) is 36.0 Å². The van der Waals surface area contributed by atoms with Crippen molar-refractivity contribution in [1.82, 2.24) is 20.2 Å². The summed E-state index contributed by atoms with van der Waals surface area (Å²) in [7, 11) is 0. The first-order chi connectivity index (χ1) is 17.9. The van der Waals surface area contributed by atoms with Crippen LogP contribution in [0.3, 0.4) is 0 Å². The van der Waals surface area contributed by atoms with E-state index in [1.54, 1.807) is 5.32 Å². The summed E-state index contributed by atoms with van der Waals surface area (Å²) < 4.78 is 48.6. The number of hydrogen-bond acceptors (Lipinski definition) is 8. The van der Waals surface area contributed by atoms with Gasteiger partial charge in [0.05, 0.1) is 12.2 Å². The van der Waals surface area contributed by atoms with Crippen molar-refractivity contribution < 1.29 is 37.1 Å². The Morgan fingerprint density at radius 1 is 1.10 bits per heavy atom. The van der Waals surface area contributed by atoms with Gasteiger partial charge in [0.15, 0.2) is 0 Å². The lowest BCUT2D eigenvalue weighted by Crippen LogP contribution is -2.57. The molecular formula is C25H30F3N5O6. The minimum Gasteiger partial charge on any atom is -0.459 e. The minimum absolute atomic E-state index is 0.0661. The van der Waals surface area contributed by atoms with E-state index in [1.807, 2.05) is 0 Å². The van der Waals surface area contributed by atoms with Crippen molar-refractivity contribution in [1.29, 1.82) is 0 Å². The monoisotopic (exact) mass is 553 g/mol. The molecule has 1 heterocycles. The fraction of sp³-hybridized carbons (Fsp3) is 0.440. The van der Waals surface area contributed by atoms with E-state index < -0.39 is 71.5 Å². The van der Waals surface area contributed by atoms with E-state index in [0.29, 0.717) is 0 Å². The van der Waals surface area contributed by atoms with Gasteiger partial charge in [-0.05, 0) is 51.0 Å². The fourth-order valence-corrected chi connectivity index (χ4v) is 3.33. The van der Waals surface area contributed by atoms with E-state index in [9.17, 15) is 37.1 Å². The Labute approximate surface area is 221 Å². The SMILES string of the molecule is CC(C)C(NC(=O)Cn1c(-c2ccc(F)cc2)ncc(N)c1=O)C(=O)C(F)(F)C(=O)NCC(=O)OC(C)(C)C. The number of anilines is 1. The van der Waals surface area contributed by atoms with Crippen molar-refractivity contribution >= 4 is 29.3 Å². The molecule has 14 heteroatoms. The lowest BCUT2D eigenvalue weighted by atomic mass is 9.95. The van der Waals surface area contributed by atoms with Gasteiger partial charge < -0.3 is 21.1 Å². The normalized spacial score (nSPS) is 12.5. The van der Waals surface area contributed by atoms with Crippen LogP contribution >= 0.6 is 0 Å². The standard InChI is InChI=1S/C25H30F3N5O6/c1-13(2)19(20(36)25(27,28)23(38)31-11-18(35)39-24(3,4)5)32-17(34)12-33-21(30-10-16(29)22(33)37)14-6-8-15(26)9-7-14/h6-10,13,19H,11-12,29H2,1-5H3,(H,31,38)(H,32,34). The molecular weight excluding hydrogens is 523 g/mol. The zero-order valence-electron chi connectivity index (χ0n) is 22.0. The Morgan fingerprint density at radius 2 is 1.69 bits per heavy atom. The van der Waals surface area contributed by atoms with Crippen molar-refractivity contribution in [2.24, 2.45) is 5.92 Å². The highest BCUT2D eigenvalue weighted by Crippen LogP contribution is 2.21. The minimum atomic E-state index is -4.61. The largest absolute Gasteiger partial charge is 0.459 e. The van der Waals surface area contributed by atoms with E-state index in [1.165, 1.54) is 46.8 Å². The Balaban J connectivity index is 2.23. The van der Waals surface area contributed by atoms with Crippen molar-refractivity contribution in [3.63, 3.8) is 0 Å². The summed E-state index contributed by atoms with van der Waals surface area (Å²) >= 11 is 0. The predicted octanol–water partition coefficient (Wildman–Crippen LogP) is 1.43. The number of hydrogen-bond donors (Lipinski definition) is 3. The summed E-state index contributed by atoms with van der Waals surface area (Å²) in [6.07, 6.45) is 1.05. The third-order valence-electron chi connectivity index (χ3n) is 5.15. The number of alkyl halides is 2. The highest BCUT2D eigenvalue weighted by atomic mass is 19.3. The van der Waals surface area contributed by atoms with E-state index in [-0.39, 0.29) is 17.1 Å². The molecule has 1 aromatic heterocycles. The molecule has 2 rings (SSSR count). The van der Waals surface area contributed by atoms with Crippen LogP contribution in [0.5, 0.6) is 0 Å². The molecule has 11 nitrogen and oxygen atoms in total. The Morgan fingerprint density at radius 3 is 2.23 bits per heavy atom. The van der Waals surface area contributed by atoms with Gasteiger partial charge in [-0.2, -0.15) is 8.78 Å². The maximum Gasteiger partial charge on any atom is 0.383 e. The van der Waals surface area contributed by atoms with Gasteiger partial charge in [-0.3, -0.25) is 28.5 Å². The number of esters is 1. The molecule has 1 unspecified atom stereocenters. The number of aromatic nitrogens is 2. The average molecular weight is 554 g/mol. The molecule has 4 N–H and O–H groups in total. The first kappa shape index (κ1) is 31.0. The molecule has 0 aliphatic rings. The van der Waals surface area contributed by atoms with Gasteiger partial charge >= 0.3 is 11.9 Å². The van der Waals surface area contributed by atoms with Crippen LogP contribution in [0.2, 0.25) is 0 Å². The summed E-state index contributed by atoms with van der Waals surface area (Å²) in [5, 5.41) is 3.79. The van der Waals surface area contributed by atoms with Gasteiger partial charge in [0.25, 0.3) is 11.5 Å². The summed E-state index contributed by atoms with van der Waals surface area (Å²) in [5.41, 5.74) is 3.79. The maximum absolute atomic E-state index is 14.7. The van der Waals surface area contributed by atoms with Crippen molar-refractivity contribution in [2.75, 3.05) is 12.3 Å². The molecule has 0 spiro atoms. The van der Waals surface area contributed by atoms with Crippen molar-refractivity contribution in [2.45, 2.75) is 58.7 Å².